The molecule has 0 amide bonds. The lowest BCUT2D eigenvalue weighted by atomic mass is 10.0. The Labute approximate surface area is 117 Å². The molecule has 5 heteroatoms. The van der Waals surface area contributed by atoms with Gasteiger partial charge in [-0.25, -0.2) is 0 Å². The zero-order valence-corrected chi connectivity index (χ0v) is 11.8. The summed E-state index contributed by atoms with van der Waals surface area (Å²) in [6.45, 7) is 4.65. The van der Waals surface area contributed by atoms with Crippen LogP contribution in [-0.4, -0.2) is 25.9 Å². The van der Waals surface area contributed by atoms with Gasteiger partial charge in [-0.3, -0.25) is 0 Å². The molecular formula is C15H20F3NO. The minimum Gasteiger partial charge on any atom is -0.482 e. The van der Waals surface area contributed by atoms with Gasteiger partial charge in [0.25, 0.3) is 0 Å². The lowest BCUT2D eigenvalue weighted by Crippen LogP contribution is -2.22. The number of rotatable bonds is 4. The van der Waals surface area contributed by atoms with Crippen molar-refractivity contribution in [3.05, 3.63) is 23.8 Å². The second kappa shape index (κ2) is 5.94. The van der Waals surface area contributed by atoms with E-state index in [0.717, 1.165) is 37.2 Å². The molecule has 0 unspecified atom stereocenters. The Bertz CT molecular complexity index is 451. The van der Waals surface area contributed by atoms with Crippen LogP contribution in [0.2, 0.25) is 0 Å². The monoisotopic (exact) mass is 287 g/mol. The molecule has 1 heterocycles. The number of hydrogen-bond acceptors (Lipinski definition) is 2. The molecule has 2 rings (SSSR count). The van der Waals surface area contributed by atoms with Gasteiger partial charge in [0.15, 0.2) is 6.61 Å². The van der Waals surface area contributed by atoms with Crippen molar-refractivity contribution in [3.8, 4) is 5.75 Å². The molecule has 0 aromatic heterocycles. The van der Waals surface area contributed by atoms with Gasteiger partial charge in [0.1, 0.15) is 5.75 Å². The third-order valence-corrected chi connectivity index (χ3v) is 3.49. The first-order valence-electron chi connectivity index (χ1n) is 6.95. The summed E-state index contributed by atoms with van der Waals surface area (Å²) in [6, 6.07) is 5.46. The van der Waals surface area contributed by atoms with Gasteiger partial charge in [0, 0.05) is 13.1 Å². The van der Waals surface area contributed by atoms with Crippen LogP contribution >= 0.6 is 0 Å². The molecule has 0 spiro atoms. The van der Waals surface area contributed by atoms with E-state index in [9.17, 15) is 13.2 Å². The first kappa shape index (κ1) is 15.0. The molecule has 0 bridgehead atoms. The molecule has 1 aromatic rings. The molecule has 0 atom stereocenters. The van der Waals surface area contributed by atoms with Gasteiger partial charge >= 0.3 is 6.18 Å². The van der Waals surface area contributed by atoms with Crippen molar-refractivity contribution >= 4 is 5.69 Å². The summed E-state index contributed by atoms with van der Waals surface area (Å²) in [5.41, 5.74) is 1.91. The first-order chi connectivity index (χ1) is 9.37. The molecule has 0 radical (unpaired) electrons. The zero-order valence-electron chi connectivity index (χ0n) is 11.8. The second-order valence-corrected chi connectivity index (χ2v) is 5.48. The van der Waals surface area contributed by atoms with Crippen LogP contribution in [0.25, 0.3) is 0 Å². The Hall–Kier alpha value is -1.39. The van der Waals surface area contributed by atoms with Crippen molar-refractivity contribution in [2.75, 3.05) is 24.6 Å². The number of alkyl halides is 3. The van der Waals surface area contributed by atoms with Gasteiger partial charge in [-0.1, -0.05) is 19.9 Å². The summed E-state index contributed by atoms with van der Waals surface area (Å²) < 4.78 is 41.9. The van der Waals surface area contributed by atoms with Crippen LogP contribution in [0, 0.1) is 0 Å². The normalized spacial score (nSPS) is 16.0. The predicted octanol–water partition coefficient (Wildman–Crippen LogP) is 4.35. The van der Waals surface area contributed by atoms with E-state index in [2.05, 4.69) is 18.7 Å². The van der Waals surface area contributed by atoms with Crippen LogP contribution in [-0.2, 0) is 0 Å². The average molecular weight is 287 g/mol. The maximum atomic E-state index is 12.3. The highest BCUT2D eigenvalue weighted by molar-refractivity contribution is 5.61. The number of hydrogen-bond donors (Lipinski definition) is 0. The smallest absolute Gasteiger partial charge is 0.422 e. The number of ether oxygens (including phenoxy) is 1. The van der Waals surface area contributed by atoms with E-state index in [0.29, 0.717) is 11.7 Å². The molecule has 1 aliphatic heterocycles. The lowest BCUT2D eigenvalue weighted by molar-refractivity contribution is -0.153. The van der Waals surface area contributed by atoms with E-state index >= 15 is 0 Å². The number of halogens is 3. The van der Waals surface area contributed by atoms with E-state index in [4.69, 9.17) is 4.74 Å². The molecular weight excluding hydrogens is 267 g/mol. The Kier molecular flexibility index (Phi) is 4.45. The van der Waals surface area contributed by atoms with Crippen LogP contribution in [0.5, 0.6) is 5.75 Å². The minimum absolute atomic E-state index is 0.327. The van der Waals surface area contributed by atoms with E-state index < -0.39 is 12.8 Å². The van der Waals surface area contributed by atoms with E-state index in [-0.39, 0.29) is 0 Å². The van der Waals surface area contributed by atoms with E-state index in [1.54, 1.807) is 6.07 Å². The summed E-state index contributed by atoms with van der Waals surface area (Å²) in [6.07, 6.45) is -2.16. The molecule has 0 N–H and O–H groups in total. The van der Waals surface area contributed by atoms with E-state index in [1.807, 2.05) is 12.1 Å². The SMILES string of the molecule is CC(C)c1ccc(OCC(F)(F)F)c(N2CCCC2)c1. The fourth-order valence-electron chi connectivity index (χ4n) is 2.38. The Morgan fingerprint density at radius 3 is 2.40 bits per heavy atom. The lowest BCUT2D eigenvalue weighted by Gasteiger charge is -2.23. The van der Waals surface area contributed by atoms with Crippen LogP contribution in [0.4, 0.5) is 18.9 Å². The first-order valence-corrected chi connectivity index (χ1v) is 6.95. The third kappa shape index (κ3) is 3.81. The van der Waals surface area contributed by atoms with Crippen LogP contribution in [0.3, 0.4) is 0 Å². The van der Waals surface area contributed by atoms with Gasteiger partial charge in [-0.05, 0) is 36.5 Å². The molecule has 1 aliphatic rings. The van der Waals surface area contributed by atoms with Crippen molar-refractivity contribution < 1.29 is 17.9 Å². The van der Waals surface area contributed by atoms with Crippen molar-refractivity contribution in [1.82, 2.24) is 0 Å². The molecule has 112 valence electrons. The van der Waals surface area contributed by atoms with Gasteiger partial charge < -0.3 is 9.64 Å². The molecule has 20 heavy (non-hydrogen) atoms. The number of anilines is 1. The molecule has 1 saturated heterocycles. The van der Waals surface area contributed by atoms with Gasteiger partial charge in [-0.15, -0.1) is 0 Å². The molecule has 1 aromatic carbocycles. The maximum Gasteiger partial charge on any atom is 0.422 e. The van der Waals surface area contributed by atoms with Gasteiger partial charge in [-0.2, -0.15) is 13.2 Å². The van der Waals surface area contributed by atoms with Crippen LogP contribution in [0.15, 0.2) is 18.2 Å². The van der Waals surface area contributed by atoms with Crippen LogP contribution in [0.1, 0.15) is 38.2 Å². The summed E-state index contributed by atoms with van der Waals surface area (Å²) >= 11 is 0. The van der Waals surface area contributed by atoms with E-state index in [1.165, 1.54) is 0 Å². The average Bonchev–Trinajstić information content (AvgIpc) is 2.88. The van der Waals surface area contributed by atoms with Crippen molar-refractivity contribution in [2.24, 2.45) is 0 Å². The van der Waals surface area contributed by atoms with Gasteiger partial charge in [0.2, 0.25) is 0 Å². The summed E-state index contributed by atoms with van der Waals surface area (Å²) in [4.78, 5) is 2.11. The van der Waals surface area contributed by atoms with Crippen molar-refractivity contribution in [1.29, 1.82) is 0 Å². The van der Waals surface area contributed by atoms with Crippen molar-refractivity contribution in [3.63, 3.8) is 0 Å². The predicted molar refractivity (Wildman–Crippen MR) is 73.5 cm³/mol. The minimum atomic E-state index is -4.31. The summed E-state index contributed by atoms with van der Waals surface area (Å²) in [5.74, 6) is 0.668. The molecule has 2 nitrogen and oxygen atoms in total. The standard InChI is InChI=1S/C15H20F3NO/c1-11(2)12-5-6-14(20-10-15(16,17)18)13(9-12)19-7-3-4-8-19/h5-6,9,11H,3-4,7-8,10H2,1-2H3. The zero-order chi connectivity index (χ0) is 14.8. The fourth-order valence-corrected chi connectivity index (χ4v) is 2.38. The highest BCUT2D eigenvalue weighted by Crippen LogP contribution is 2.34. The summed E-state index contributed by atoms with van der Waals surface area (Å²) in [7, 11) is 0. The third-order valence-electron chi connectivity index (χ3n) is 3.49. The second-order valence-electron chi connectivity index (χ2n) is 5.48. The molecule has 0 aliphatic carbocycles. The topological polar surface area (TPSA) is 12.5 Å². The highest BCUT2D eigenvalue weighted by Gasteiger charge is 2.29. The summed E-state index contributed by atoms with van der Waals surface area (Å²) in [5, 5.41) is 0. The largest absolute Gasteiger partial charge is 0.482 e. The number of benzene rings is 1. The van der Waals surface area contributed by atoms with Crippen molar-refractivity contribution in [2.45, 2.75) is 38.8 Å². The molecule has 0 saturated carbocycles. The van der Waals surface area contributed by atoms with Gasteiger partial charge in [0.05, 0.1) is 5.69 Å². The quantitative estimate of drug-likeness (QED) is 0.816. The van der Waals surface area contributed by atoms with Crippen LogP contribution < -0.4 is 9.64 Å². The Balaban J connectivity index is 2.24. The molecule has 1 fully saturated rings. The number of nitrogens with zero attached hydrogens (tertiary/aromatic N) is 1. The Morgan fingerprint density at radius 2 is 1.85 bits per heavy atom. The highest BCUT2D eigenvalue weighted by atomic mass is 19.4. The Morgan fingerprint density at radius 1 is 1.20 bits per heavy atom. The maximum absolute atomic E-state index is 12.3. The fraction of sp³-hybridized carbons (Fsp3) is 0.600.